The number of phosphoric acid groups is 2. The summed E-state index contributed by atoms with van der Waals surface area (Å²) in [4.78, 5) is 73.2. The third kappa shape index (κ3) is 79.7. The van der Waals surface area contributed by atoms with E-state index in [9.17, 15) is 43.2 Å². The quantitative estimate of drug-likeness (QED) is 0.0169. The molecular weight excluding hydrogens is 1430 g/mol. The van der Waals surface area contributed by atoms with Gasteiger partial charge >= 0.3 is 39.5 Å². The predicted molar refractivity (Wildman–Crippen MR) is 454 cm³/mol. The normalized spacial score (nSPS) is 14.9. The lowest BCUT2D eigenvalue weighted by Crippen LogP contribution is -2.30. The summed E-state index contributed by atoms with van der Waals surface area (Å²) in [6.07, 6.45) is 101. The average molecular weight is 1570 g/mol. The molecule has 0 aromatic carbocycles. The molecule has 0 radical (unpaired) electrons. The first-order valence-electron chi connectivity index (χ1n) is 41.3. The fraction of sp³-hybridized carbons (Fsp3) is 0.582. The smallest absolute Gasteiger partial charge is 0.462 e. The summed E-state index contributed by atoms with van der Waals surface area (Å²) in [7, 11) is -10.0. The number of phosphoric ester groups is 2. The third-order valence-corrected chi connectivity index (χ3v) is 18.1. The van der Waals surface area contributed by atoms with Gasteiger partial charge in [0.15, 0.2) is 12.2 Å². The van der Waals surface area contributed by atoms with Gasteiger partial charge in [-0.05, 0) is 186 Å². The Labute approximate surface area is 665 Å². The largest absolute Gasteiger partial charge is 0.472 e. The van der Waals surface area contributed by atoms with Crippen molar-refractivity contribution in [3.63, 3.8) is 0 Å². The Kier molecular flexibility index (Phi) is 76.0. The molecule has 0 aliphatic heterocycles. The number of allylic oxidation sites excluding steroid dienone is 34. The van der Waals surface area contributed by atoms with E-state index in [-0.39, 0.29) is 25.7 Å². The second kappa shape index (κ2) is 80.7. The zero-order valence-corrected chi connectivity index (χ0v) is 69.6. The van der Waals surface area contributed by atoms with Gasteiger partial charge < -0.3 is 33.8 Å². The van der Waals surface area contributed by atoms with Crippen LogP contribution < -0.4 is 0 Å². The lowest BCUT2D eigenvalue weighted by molar-refractivity contribution is -0.161. The summed E-state index contributed by atoms with van der Waals surface area (Å²) in [5, 5.41) is 10.7. The molecule has 17 nitrogen and oxygen atoms in total. The first-order valence-corrected chi connectivity index (χ1v) is 44.3. The minimum absolute atomic E-state index is 0.0277. The number of esters is 4. The van der Waals surface area contributed by atoms with Crippen molar-refractivity contribution >= 4 is 39.5 Å². The number of rotatable bonds is 75. The first kappa shape index (κ1) is 104. The van der Waals surface area contributed by atoms with Gasteiger partial charge in [-0.2, -0.15) is 0 Å². The van der Waals surface area contributed by atoms with E-state index in [1.165, 1.54) is 0 Å². The highest BCUT2D eigenvalue weighted by Gasteiger charge is 2.30. The molecular formula is C91H144O17P2. The van der Waals surface area contributed by atoms with Gasteiger partial charge in [0.1, 0.15) is 19.3 Å². The van der Waals surface area contributed by atoms with Crippen LogP contribution in [0.1, 0.15) is 285 Å². The molecule has 0 aliphatic rings. The molecule has 0 spiro atoms. The molecule has 0 heterocycles. The van der Waals surface area contributed by atoms with E-state index in [0.29, 0.717) is 32.1 Å². The van der Waals surface area contributed by atoms with Crippen LogP contribution in [0.3, 0.4) is 0 Å². The molecule has 19 heteroatoms. The van der Waals surface area contributed by atoms with Gasteiger partial charge in [-0.15, -0.1) is 0 Å². The highest BCUT2D eigenvalue weighted by Crippen LogP contribution is 2.45. The van der Waals surface area contributed by atoms with Crippen LogP contribution >= 0.6 is 15.6 Å². The zero-order valence-electron chi connectivity index (χ0n) is 67.8. The Balaban J connectivity index is 5.51. The van der Waals surface area contributed by atoms with Crippen molar-refractivity contribution < 1.29 is 80.2 Å². The summed E-state index contributed by atoms with van der Waals surface area (Å²) in [5.41, 5.74) is 0. The molecule has 5 unspecified atom stereocenters. The van der Waals surface area contributed by atoms with Gasteiger partial charge in [0, 0.05) is 25.7 Å². The topological polar surface area (TPSA) is 237 Å². The van der Waals surface area contributed by atoms with Gasteiger partial charge in [-0.1, -0.05) is 279 Å². The van der Waals surface area contributed by atoms with Crippen molar-refractivity contribution in [2.45, 2.75) is 303 Å². The molecule has 0 aromatic rings. The van der Waals surface area contributed by atoms with Crippen LogP contribution in [-0.2, 0) is 65.4 Å². The van der Waals surface area contributed by atoms with Gasteiger partial charge in [0.25, 0.3) is 0 Å². The summed E-state index contributed by atoms with van der Waals surface area (Å²) in [6.45, 7) is 4.27. The van der Waals surface area contributed by atoms with E-state index in [4.69, 9.17) is 37.0 Å². The van der Waals surface area contributed by atoms with E-state index in [1.54, 1.807) is 0 Å². The average Bonchev–Trinajstić information content (AvgIpc) is 0.900. The molecule has 0 amide bonds. The lowest BCUT2D eigenvalue weighted by atomic mass is 10.1. The molecule has 3 N–H and O–H groups in total. The monoisotopic (exact) mass is 1570 g/mol. The Bertz CT molecular complexity index is 2900. The number of aliphatic hydroxyl groups excluding tert-OH is 1. The summed E-state index contributed by atoms with van der Waals surface area (Å²) >= 11 is 0. The number of carbonyl (C=O) groups is 4. The Hall–Kier alpha value is -6.36. The van der Waals surface area contributed by atoms with Gasteiger partial charge in [0.05, 0.1) is 26.4 Å². The van der Waals surface area contributed by atoms with Crippen molar-refractivity contribution in [2.24, 2.45) is 0 Å². The molecule has 0 rings (SSSR count). The maximum atomic E-state index is 13.1. The standard InChI is InChI=1S/C91H144O17P2/c1-5-9-13-17-21-25-29-33-37-40-42-45-49-52-56-60-64-68-72-76-89(94)102-82-87(108-91(96)78-74-70-66-62-58-54-50-46-43-41-38-34-30-26-22-18-14-10-6-2)84-106-110(99,100)104-80-85(92)79-103-109(97,98)105-83-86(107-90(95)77-73-69-65-61-57-53-47-36-32-28-24-20-16-12-8-4)81-101-88(93)75-71-67-63-59-55-51-48-44-39-35-31-27-23-19-15-11-7-3/h9-16,21-28,33-39,42-43,45-48,51-52,56-57,61,85-87,92H,5-8,17-20,29-32,40-41,44,49-50,53-55,58-60,62-84H2,1-4H3,(H,97,98)(H,99,100)/b13-9-,14-10-,15-11-,16-12-,25-21-,26-22-,27-23-,28-24-,37-33-,38-34-,39-35-,45-42-,46-43-,47-36-,51-48-,56-52-,61-57-. The molecule has 5 atom stereocenters. The molecule has 110 heavy (non-hydrogen) atoms. The Morgan fingerprint density at radius 1 is 0.255 bits per heavy atom. The Morgan fingerprint density at radius 3 is 0.709 bits per heavy atom. The van der Waals surface area contributed by atoms with Crippen LogP contribution in [0, 0.1) is 0 Å². The minimum atomic E-state index is -5.01. The molecule has 0 saturated heterocycles. The van der Waals surface area contributed by atoms with Crippen molar-refractivity contribution in [1.29, 1.82) is 0 Å². The fourth-order valence-electron chi connectivity index (χ4n) is 10.1. The van der Waals surface area contributed by atoms with E-state index < -0.39 is 97.5 Å². The molecule has 620 valence electrons. The SMILES string of the molecule is CC/C=C\C/C=C\C/C=C\C/C=C\C/C=C\CCCCCC(=O)OCC(COP(=O)(O)OCC(O)COP(=O)(O)OCC(COC(=O)CCCCCC/C=C\C/C=C\C/C=C\C/C=C\CC)OC(=O)CCCC/C=C\C/C=C\C/C=C\C/C=C\CC)OC(=O)CCCCCCCC/C=C\C/C=C\C/C=C\C/C=C\CC. The summed E-state index contributed by atoms with van der Waals surface area (Å²) in [5.74, 6) is -2.32. The predicted octanol–water partition coefficient (Wildman–Crippen LogP) is 24.7. The van der Waals surface area contributed by atoms with Gasteiger partial charge in [-0.3, -0.25) is 37.3 Å². The molecule has 0 saturated carbocycles. The lowest BCUT2D eigenvalue weighted by Gasteiger charge is -2.21. The van der Waals surface area contributed by atoms with E-state index in [1.807, 2.05) is 0 Å². The molecule has 0 aliphatic carbocycles. The number of hydrogen-bond acceptors (Lipinski definition) is 15. The van der Waals surface area contributed by atoms with Crippen LogP contribution in [0.2, 0.25) is 0 Å². The van der Waals surface area contributed by atoms with Crippen molar-refractivity contribution in [3.8, 4) is 0 Å². The van der Waals surface area contributed by atoms with E-state index >= 15 is 0 Å². The fourth-order valence-corrected chi connectivity index (χ4v) is 11.7. The number of aliphatic hydroxyl groups is 1. The first-order chi connectivity index (χ1) is 53.7. The maximum Gasteiger partial charge on any atom is 0.472 e. The third-order valence-electron chi connectivity index (χ3n) is 16.2. The highest BCUT2D eigenvalue weighted by molar-refractivity contribution is 7.47. The molecule has 0 bridgehead atoms. The number of hydrogen-bond donors (Lipinski definition) is 3. The van der Waals surface area contributed by atoms with Crippen LogP contribution in [0.25, 0.3) is 0 Å². The van der Waals surface area contributed by atoms with Crippen LogP contribution in [0.5, 0.6) is 0 Å². The van der Waals surface area contributed by atoms with Crippen LogP contribution in [0.4, 0.5) is 0 Å². The number of unbranched alkanes of at least 4 members (excludes halogenated alkanes) is 15. The van der Waals surface area contributed by atoms with Gasteiger partial charge in [0.2, 0.25) is 0 Å². The van der Waals surface area contributed by atoms with Crippen molar-refractivity contribution in [1.82, 2.24) is 0 Å². The summed E-state index contributed by atoms with van der Waals surface area (Å²) < 4.78 is 68.7. The Morgan fingerprint density at radius 2 is 0.445 bits per heavy atom. The highest BCUT2D eigenvalue weighted by atomic mass is 31.2. The molecule has 0 fully saturated rings. The van der Waals surface area contributed by atoms with Crippen molar-refractivity contribution in [3.05, 3.63) is 207 Å². The van der Waals surface area contributed by atoms with E-state index in [2.05, 4.69) is 234 Å². The zero-order chi connectivity index (χ0) is 80.3. The minimum Gasteiger partial charge on any atom is -0.462 e. The second-order valence-electron chi connectivity index (χ2n) is 26.5. The van der Waals surface area contributed by atoms with Crippen LogP contribution in [-0.4, -0.2) is 96.7 Å². The van der Waals surface area contributed by atoms with Crippen molar-refractivity contribution in [2.75, 3.05) is 39.6 Å². The number of carbonyl (C=O) groups excluding carboxylic acids is 4. The summed E-state index contributed by atoms with van der Waals surface area (Å²) in [6, 6.07) is 0. The second-order valence-corrected chi connectivity index (χ2v) is 29.4. The maximum absolute atomic E-state index is 13.1. The van der Waals surface area contributed by atoms with Gasteiger partial charge in [-0.25, -0.2) is 9.13 Å². The van der Waals surface area contributed by atoms with E-state index in [0.717, 1.165) is 199 Å². The number of ether oxygens (including phenoxy) is 4. The van der Waals surface area contributed by atoms with Crippen LogP contribution in [0.15, 0.2) is 207 Å². The molecule has 0 aromatic heterocycles.